The maximum atomic E-state index is 12.0. The van der Waals surface area contributed by atoms with Gasteiger partial charge in [0.15, 0.2) is 0 Å². The maximum absolute atomic E-state index is 12.0. The predicted molar refractivity (Wildman–Crippen MR) is 67.1 cm³/mol. The zero-order valence-corrected chi connectivity index (χ0v) is 9.77. The molecule has 1 atom stereocenters. The minimum atomic E-state index is -0.945. The SMILES string of the molecule is NC1(C(=O)Nc2nc3ccccc3[nH]2)CCOC1. The molecule has 1 aliphatic heterocycles. The molecule has 1 saturated heterocycles. The first-order valence-corrected chi connectivity index (χ1v) is 5.80. The van der Waals surface area contributed by atoms with Crippen molar-refractivity contribution in [2.24, 2.45) is 5.73 Å². The summed E-state index contributed by atoms with van der Waals surface area (Å²) in [5.41, 5.74) is 6.70. The van der Waals surface area contributed by atoms with Gasteiger partial charge in [0.2, 0.25) is 11.9 Å². The number of amides is 1. The molecule has 4 N–H and O–H groups in total. The fourth-order valence-corrected chi connectivity index (χ4v) is 2.00. The lowest BCUT2D eigenvalue weighted by atomic mass is 9.99. The first-order valence-electron chi connectivity index (χ1n) is 5.80. The number of hydrogen-bond donors (Lipinski definition) is 3. The van der Waals surface area contributed by atoms with Gasteiger partial charge in [0, 0.05) is 6.61 Å². The zero-order valence-electron chi connectivity index (χ0n) is 9.77. The number of hydrogen-bond acceptors (Lipinski definition) is 4. The summed E-state index contributed by atoms with van der Waals surface area (Å²) < 4.78 is 5.16. The van der Waals surface area contributed by atoms with Crippen LogP contribution in [0.25, 0.3) is 11.0 Å². The summed E-state index contributed by atoms with van der Waals surface area (Å²) >= 11 is 0. The number of rotatable bonds is 2. The van der Waals surface area contributed by atoms with Crippen molar-refractivity contribution in [2.75, 3.05) is 18.5 Å². The Labute approximate surface area is 104 Å². The van der Waals surface area contributed by atoms with E-state index in [1.54, 1.807) is 0 Å². The fourth-order valence-electron chi connectivity index (χ4n) is 2.00. The Morgan fingerprint density at radius 1 is 1.50 bits per heavy atom. The van der Waals surface area contributed by atoms with Crippen LogP contribution in [0.5, 0.6) is 0 Å². The van der Waals surface area contributed by atoms with Crippen molar-refractivity contribution in [3.8, 4) is 0 Å². The lowest BCUT2D eigenvalue weighted by Gasteiger charge is -2.19. The van der Waals surface area contributed by atoms with Crippen molar-refractivity contribution in [3.63, 3.8) is 0 Å². The molecule has 6 heteroatoms. The smallest absolute Gasteiger partial charge is 0.249 e. The fraction of sp³-hybridized carbons (Fsp3) is 0.333. The van der Waals surface area contributed by atoms with Gasteiger partial charge < -0.3 is 15.5 Å². The number of ether oxygens (including phenoxy) is 1. The average Bonchev–Trinajstić information content (AvgIpc) is 2.95. The largest absolute Gasteiger partial charge is 0.379 e. The second kappa shape index (κ2) is 4.08. The van der Waals surface area contributed by atoms with Crippen LogP contribution in [0.1, 0.15) is 6.42 Å². The van der Waals surface area contributed by atoms with Crippen LogP contribution in [0, 0.1) is 0 Å². The van der Waals surface area contributed by atoms with Gasteiger partial charge in [-0.2, -0.15) is 0 Å². The quantitative estimate of drug-likeness (QED) is 0.724. The summed E-state index contributed by atoms with van der Waals surface area (Å²) in [7, 11) is 0. The van der Waals surface area contributed by atoms with Crippen molar-refractivity contribution < 1.29 is 9.53 Å². The number of benzene rings is 1. The number of nitrogens with one attached hydrogen (secondary N) is 2. The number of nitrogens with zero attached hydrogens (tertiary/aromatic N) is 1. The van der Waals surface area contributed by atoms with Crippen molar-refractivity contribution in [1.29, 1.82) is 0 Å². The van der Waals surface area contributed by atoms with E-state index in [1.807, 2.05) is 24.3 Å². The monoisotopic (exact) mass is 246 g/mol. The van der Waals surface area contributed by atoms with Gasteiger partial charge in [-0.3, -0.25) is 10.1 Å². The molecule has 3 rings (SSSR count). The van der Waals surface area contributed by atoms with Gasteiger partial charge >= 0.3 is 0 Å². The predicted octanol–water partition coefficient (Wildman–Crippen LogP) is 0.619. The number of imidazole rings is 1. The van der Waals surface area contributed by atoms with E-state index >= 15 is 0 Å². The Kier molecular flexibility index (Phi) is 2.53. The lowest BCUT2D eigenvalue weighted by Crippen LogP contribution is -2.51. The van der Waals surface area contributed by atoms with Gasteiger partial charge in [0.1, 0.15) is 5.54 Å². The first-order chi connectivity index (χ1) is 8.67. The van der Waals surface area contributed by atoms with Gasteiger partial charge in [-0.1, -0.05) is 12.1 Å². The zero-order chi connectivity index (χ0) is 12.6. The number of para-hydroxylation sites is 2. The highest BCUT2D eigenvalue weighted by Crippen LogP contribution is 2.19. The van der Waals surface area contributed by atoms with E-state index < -0.39 is 5.54 Å². The molecule has 1 unspecified atom stereocenters. The van der Waals surface area contributed by atoms with E-state index in [-0.39, 0.29) is 12.5 Å². The molecule has 0 aliphatic carbocycles. The Hall–Kier alpha value is -1.92. The van der Waals surface area contributed by atoms with Crippen LogP contribution in [0.2, 0.25) is 0 Å². The standard InChI is InChI=1S/C12H14N4O2/c13-12(5-6-18-7-12)10(17)16-11-14-8-3-1-2-4-9(8)15-11/h1-4H,5-7,13H2,(H2,14,15,16,17). The third-order valence-electron chi connectivity index (χ3n) is 3.13. The number of aromatic nitrogens is 2. The van der Waals surface area contributed by atoms with Gasteiger partial charge in [-0.05, 0) is 18.6 Å². The van der Waals surface area contributed by atoms with E-state index in [9.17, 15) is 4.79 Å². The number of nitrogens with two attached hydrogens (primary N) is 1. The summed E-state index contributed by atoms with van der Waals surface area (Å²) in [6.45, 7) is 0.767. The minimum Gasteiger partial charge on any atom is -0.379 e. The molecule has 1 fully saturated rings. The molecule has 0 radical (unpaired) electrons. The number of aromatic amines is 1. The summed E-state index contributed by atoms with van der Waals surface area (Å²) in [5.74, 6) is 0.150. The third-order valence-corrected chi connectivity index (χ3v) is 3.13. The number of fused-ring (bicyclic) bond motifs is 1. The number of carbonyl (C=O) groups excluding carboxylic acids is 1. The molecule has 94 valence electrons. The van der Waals surface area contributed by atoms with Crippen LogP contribution in [0.15, 0.2) is 24.3 Å². The van der Waals surface area contributed by atoms with Crippen molar-refractivity contribution >= 4 is 22.9 Å². The Morgan fingerprint density at radius 2 is 2.33 bits per heavy atom. The topological polar surface area (TPSA) is 93.0 Å². The molecule has 1 aromatic heterocycles. The number of anilines is 1. The van der Waals surface area contributed by atoms with Crippen LogP contribution < -0.4 is 11.1 Å². The van der Waals surface area contributed by atoms with E-state index in [4.69, 9.17) is 10.5 Å². The second-order valence-corrected chi connectivity index (χ2v) is 4.52. The molecule has 1 aliphatic rings. The van der Waals surface area contributed by atoms with Crippen LogP contribution in [-0.4, -0.2) is 34.6 Å². The van der Waals surface area contributed by atoms with E-state index in [0.29, 0.717) is 19.0 Å². The molecule has 18 heavy (non-hydrogen) atoms. The molecule has 6 nitrogen and oxygen atoms in total. The number of carbonyl (C=O) groups is 1. The summed E-state index contributed by atoms with van der Waals surface area (Å²) in [6.07, 6.45) is 0.527. The van der Waals surface area contributed by atoms with Gasteiger partial charge in [0.05, 0.1) is 17.6 Å². The highest BCUT2D eigenvalue weighted by molar-refractivity contribution is 5.98. The molecule has 0 bridgehead atoms. The van der Waals surface area contributed by atoms with Gasteiger partial charge in [-0.25, -0.2) is 4.98 Å². The van der Waals surface area contributed by atoms with Crippen molar-refractivity contribution in [2.45, 2.75) is 12.0 Å². The molecular weight excluding hydrogens is 232 g/mol. The van der Waals surface area contributed by atoms with Gasteiger partial charge in [0.25, 0.3) is 0 Å². The first kappa shape index (κ1) is 11.2. The highest BCUT2D eigenvalue weighted by Gasteiger charge is 2.38. The second-order valence-electron chi connectivity index (χ2n) is 4.52. The highest BCUT2D eigenvalue weighted by atomic mass is 16.5. The van der Waals surface area contributed by atoms with Gasteiger partial charge in [-0.15, -0.1) is 0 Å². The number of H-pyrrole nitrogens is 1. The van der Waals surface area contributed by atoms with Crippen LogP contribution in [0.4, 0.5) is 5.95 Å². The summed E-state index contributed by atoms with van der Waals surface area (Å²) in [6, 6.07) is 7.57. The Balaban J connectivity index is 1.81. The molecule has 0 spiro atoms. The molecular formula is C12H14N4O2. The van der Waals surface area contributed by atoms with Crippen LogP contribution >= 0.6 is 0 Å². The molecule has 2 aromatic rings. The Bertz CT molecular complexity index is 554. The van der Waals surface area contributed by atoms with Crippen molar-refractivity contribution in [1.82, 2.24) is 9.97 Å². The normalized spacial score (nSPS) is 23.4. The van der Waals surface area contributed by atoms with E-state index in [2.05, 4.69) is 15.3 Å². The maximum Gasteiger partial charge on any atom is 0.249 e. The minimum absolute atomic E-state index is 0.249. The average molecular weight is 246 g/mol. The van der Waals surface area contributed by atoms with E-state index in [1.165, 1.54) is 0 Å². The summed E-state index contributed by atoms with van der Waals surface area (Å²) in [4.78, 5) is 19.3. The van der Waals surface area contributed by atoms with Crippen molar-refractivity contribution in [3.05, 3.63) is 24.3 Å². The summed E-state index contributed by atoms with van der Waals surface area (Å²) in [5, 5.41) is 2.70. The molecule has 2 heterocycles. The third kappa shape index (κ3) is 1.85. The Morgan fingerprint density at radius 3 is 3.06 bits per heavy atom. The lowest BCUT2D eigenvalue weighted by molar-refractivity contribution is -0.121. The molecule has 0 saturated carbocycles. The molecule has 1 amide bonds. The van der Waals surface area contributed by atoms with Crippen LogP contribution in [0.3, 0.4) is 0 Å². The molecule has 1 aromatic carbocycles. The van der Waals surface area contributed by atoms with Crippen LogP contribution in [-0.2, 0) is 9.53 Å². The van der Waals surface area contributed by atoms with E-state index in [0.717, 1.165) is 11.0 Å².